The fourth-order valence-electron chi connectivity index (χ4n) is 2.23. The third kappa shape index (κ3) is 2.53. The molecule has 1 amide bonds. The largest absolute Gasteiger partial charge is 0.345 e. The van der Waals surface area contributed by atoms with Crippen LogP contribution in [0.5, 0.6) is 0 Å². The Morgan fingerprint density at radius 1 is 1.26 bits per heavy atom. The maximum Gasteiger partial charge on any atom is 0.237 e. The Labute approximate surface area is 120 Å². The van der Waals surface area contributed by atoms with Crippen LogP contribution in [-0.2, 0) is 4.79 Å². The molecule has 0 N–H and O–H groups in total. The molecule has 19 heavy (non-hydrogen) atoms. The van der Waals surface area contributed by atoms with Gasteiger partial charge in [-0.15, -0.1) is 11.6 Å². The molecule has 0 atom stereocenters. The molecule has 0 radical (unpaired) electrons. The lowest BCUT2D eigenvalue weighted by atomic mass is 10.3. The van der Waals surface area contributed by atoms with Crippen molar-refractivity contribution in [3.63, 3.8) is 0 Å². The van der Waals surface area contributed by atoms with E-state index < -0.39 is 0 Å². The molecule has 1 aliphatic heterocycles. The Morgan fingerprint density at radius 3 is 2.68 bits per heavy atom. The number of para-hydroxylation sites is 1. The van der Waals surface area contributed by atoms with Gasteiger partial charge in [-0.1, -0.05) is 23.5 Å². The number of thiazole rings is 1. The molecule has 3 rings (SSSR count). The summed E-state index contributed by atoms with van der Waals surface area (Å²) < 4.78 is 1.21. The van der Waals surface area contributed by atoms with Gasteiger partial charge in [0.2, 0.25) is 5.91 Å². The minimum atomic E-state index is 0.0191. The van der Waals surface area contributed by atoms with Crippen LogP contribution in [0.25, 0.3) is 10.2 Å². The highest BCUT2D eigenvalue weighted by Crippen LogP contribution is 2.29. The van der Waals surface area contributed by atoms with E-state index in [1.165, 1.54) is 4.70 Å². The summed E-state index contributed by atoms with van der Waals surface area (Å²) in [7, 11) is 0. The van der Waals surface area contributed by atoms with E-state index >= 15 is 0 Å². The fraction of sp³-hybridized carbons (Fsp3) is 0.385. The molecule has 0 saturated carbocycles. The van der Waals surface area contributed by atoms with Gasteiger partial charge in [0.1, 0.15) is 5.88 Å². The fourth-order valence-corrected chi connectivity index (χ4v) is 3.41. The summed E-state index contributed by atoms with van der Waals surface area (Å²) in [6.07, 6.45) is 0. The van der Waals surface area contributed by atoms with Crippen LogP contribution in [0.1, 0.15) is 0 Å². The van der Waals surface area contributed by atoms with Gasteiger partial charge in [-0.2, -0.15) is 0 Å². The van der Waals surface area contributed by atoms with Gasteiger partial charge >= 0.3 is 0 Å². The van der Waals surface area contributed by atoms with E-state index in [-0.39, 0.29) is 11.8 Å². The third-order valence-corrected chi connectivity index (χ3v) is 4.63. The highest BCUT2D eigenvalue weighted by atomic mass is 35.5. The summed E-state index contributed by atoms with van der Waals surface area (Å²) in [6.45, 7) is 3.09. The highest BCUT2D eigenvalue weighted by molar-refractivity contribution is 7.22. The molecule has 1 fully saturated rings. The number of halogens is 1. The zero-order valence-electron chi connectivity index (χ0n) is 10.4. The van der Waals surface area contributed by atoms with Gasteiger partial charge in [0, 0.05) is 26.2 Å². The normalized spacial score (nSPS) is 16.1. The van der Waals surface area contributed by atoms with Crippen molar-refractivity contribution >= 4 is 44.2 Å². The molecule has 100 valence electrons. The maximum atomic E-state index is 11.5. The van der Waals surface area contributed by atoms with Crippen molar-refractivity contribution in [2.45, 2.75) is 0 Å². The molecule has 2 heterocycles. The topological polar surface area (TPSA) is 36.4 Å². The van der Waals surface area contributed by atoms with Crippen LogP contribution >= 0.6 is 22.9 Å². The number of aromatic nitrogens is 1. The van der Waals surface area contributed by atoms with Crippen molar-refractivity contribution < 1.29 is 4.79 Å². The zero-order chi connectivity index (χ0) is 13.2. The molecule has 0 bridgehead atoms. The molecule has 0 aliphatic carbocycles. The molecule has 1 saturated heterocycles. The summed E-state index contributed by atoms with van der Waals surface area (Å²) >= 11 is 7.28. The standard InChI is InChI=1S/C13H14ClN3OS/c14-9-12(18)16-5-7-17(8-6-16)13-15-10-3-1-2-4-11(10)19-13/h1-4H,5-9H2. The van der Waals surface area contributed by atoms with E-state index in [4.69, 9.17) is 11.6 Å². The van der Waals surface area contributed by atoms with E-state index in [1.54, 1.807) is 11.3 Å². The lowest BCUT2D eigenvalue weighted by molar-refractivity contribution is -0.128. The van der Waals surface area contributed by atoms with Crippen molar-refractivity contribution in [3.8, 4) is 0 Å². The summed E-state index contributed by atoms with van der Waals surface area (Å²) in [5, 5.41) is 1.04. The maximum absolute atomic E-state index is 11.5. The van der Waals surface area contributed by atoms with Crippen LogP contribution in [0.3, 0.4) is 0 Å². The molecule has 0 unspecified atom stereocenters. The van der Waals surface area contributed by atoms with Gasteiger partial charge < -0.3 is 9.80 Å². The monoisotopic (exact) mass is 295 g/mol. The van der Waals surface area contributed by atoms with Gasteiger partial charge in [-0.05, 0) is 12.1 Å². The Bertz CT molecular complexity index is 559. The number of hydrogen-bond acceptors (Lipinski definition) is 4. The number of alkyl halides is 1. The second-order valence-electron chi connectivity index (χ2n) is 4.47. The van der Waals surface area contributed by atoms with Gasteiger partial charge in [-0.25, -0.2) is 4.98 Å². The molecular weight excluding hydrogens is 282 g/mol. The summed E-state index contributed by atoms with van der Waals surface area (Å²) in [6, 6.07) is 8.15. The number of anilines is 1. The van der Waals surface area contributed by atoms with Crippen molar-refractivity contribution in [3.05, 3.63) is 24.3 Å². The molecule has 6 heteroatoms. The number of fused-ring (bicyclic) bond motifs is 1. The van der Waals surface area contributed by atoms with Crippen molar-refractivity contribution in [1.82, 2.24) is 9.88 Å². The van der Waals surface area contributed by atoms with Gasteiger partial charge in [0.05, 0.1) is 10.2 Å². The lowest BCUT2D eigenvalue weighted by Crippen LogP contribution is -2.49. The van der Waals surface area contributed by atoms with E-state index in [2.05, 4.69) is 16.0 Å². The Kier molecular flexibility index (Phi) is 3.57. The van der Waals surface area contributed by atoms with Gasteiger partial charge in [0.15, 0.2) is 5.13 Å². The van der Waals surface area contributed by atoms with Crippen LogP contribution in [0.2, 0.25) is 0 Å². The predicted molar refractivity (Wildman–Crippen MR) is 79.1 cm³/mol. The quantitative estimate of drug-likeness (QED) is 0.797. The average molecular weight is 296 g/mol. The zero-order valence-corrected chi connectivity index (χ0v) is 12.0. The Morgan fingerprint density at radius 2 is 2.00 bits per heavy atom. The van der Waals surface area contributed by atoms with Crippen molar-refractivity contribution in [1.29, 1.82) is 0 Å². The van der Waals surface area contributed by atoms with E-state index in [9.17, 15) is 4.79 Å². The SMILES string of the molecule is O=C(CCl)N1CCN(c2nc3ccccc3s2)CC1. The van der Waals surface area contributed by atoms with E-state index in [0.717, 1.165) is 36.8 Å². The minimum Gasteiger partial charge on any atom is -0.345 e. The molecule has 1 aromatic carbocycles. The van der Waals surface area contributed by atoms with Gasteiger partial charge in [0.25, 0.3) is 0 Å². The first kappa shape index (κ1) is 12.7. The summed E-state index contributed by atoms with van der Waals surface area (Å²) in [5.74, 6) is 0.0897. The number of benzene rings is 1. The van der Waals surface area contributed by atoms with E-state index in [1.807, 2.05) is 23.1 Å². The molecular formula is C13H14ClN3OS. The van der Waals surface area contributed by atoms with Crippen molar-refractivity contribution in [2.75, 3.05) is 37.0 Å². The van der Waals surface area contributed by atoms with Crippen LogP contribution in [0.15, 0.2) is 24.3 Å². The number of carbonyl (C=O) groups excluding carboxylic acids is 1. The minimum absolute atomic E-state index is 0.0191. The second kappa shape index (κ2) is 5.35. The first-order chi connectivity index (χ1) is 9.28. The van der Waals surface area contributed by atoms with E-state index in [0.29, 0.717) is 0 Å². The number of amides is 1. The molecule has 0 spiro atoms. The van der Waals surface area contributed by atoms with Crippen LogP contribution < -0.4 is 4.90 Å². The third-order valence-electron chi connectivity index (χ3n) is 3.30. The molecule has 2 aromatic rings. The first-order valence-corrected chi connectivity index (χ1v) is 7.57. The number of hydrogen-bond donors (Lipinski definition) is 0. The Balaban J connectivity index is 1.72. The van der Waals surface area contributed by atoms with Gasteiger partial charge in [-0.3, -0.25) is 4.79 Å². The second-order valence-corrected chi connectivity index (χ2v) is 5.74. The Hall–Kier alpha value is -1.33. The average Bonchev–Trinajstić information content (AvgIpc) is 2.90. The molecule has 4 nitrogen and oxygen atoms in total. The van der Waals surface area contributed by atoms with Crippen LogP contribution in [0, 0.1) is 0 Å². The first-order valence-electron chi connectivity index (χ1n) is 6.22. The van der Waals surface area contributed by atoms with Crippen LogP contribution in [0.4, 0.5) is 5.13 Å². The van der Waals surface area contributed by atoms with Crippen LogP contribution in [-0.4, -0.2) is 47.9 Å². The molecule has 1 aliphatic rings. The number of piperazine rings is 1. The van der Waals surface area contributed by atoms with Crippen molar-refractivity contribution in [2.24, 2.45) is 0 Å². The highest BCUT2D eigenvalue weighted by Gasteiger charge is 2.22. The number of rotatable bonds is 2. The number of carbonyl (C=O) groups is 1. The number of nitrogens with zero attached hydrogens (tertiary/aromatic N) is 3. The molecule has 1 aromatic heterocycles. The smallest absolute Gasteiger partial charge is 0.237 e. The predicted octanol–water partition coefficient (Wildman–Crippen LogP) is 2.18. The lowest BCUT2D eigenvalue weighted by Gasteiger charge is -2.34. The summed E-state index contributed by atoms with van der Waals surface area (Å²) in [4.78, 5) is 20.2. The summed E-state index contributed by atoms with van der Waals surface area (Å²) in [5.41, 5.74) is 1.04.